The molecule has 0 aliphatic carbocycles. The third-order valence-corrected chi connectivity index (χ3v) is 3.66. The summed E-state index contributed by atoms with van der Waals surface area (Å²) in [5.41, 5.74) is 5.16. The van der Waals surface area contributed by atoms with Crippen LogP contribution in [0.25, 0.3) is 0 Å². The lowest BCUT2D eigenvalue weighted by Crippen LogP contribution is -2.24. The lowest BCUT2D eigenvalue weighted by molar-refractivity contribution is 0.478. The molecule has 1 aliphatic heterocycles. The van der Waals surface area contributed by atoms with E-state index in [2.05, 4.69) is 53.2 Å². The van der Waals surface area contributed by atoms with Gasteiger partial charge in [-0.15, -0.1) is 0 Å². The van der Waals surface area contributed by atoms with Crippen LogP contribution in [-0.2, 0) is 0 Å². The number of anilines is 1. The Morgan fingerprint density at radius 1 is 1.22 bits per heavy atom. The van der Waals surface area contributed by atoms with Gasteiger partial charge < -0.3 is 5.32 Å². The molecule has 1 atom stereocenters. The second kappa shape index (κ2) is 4.16. The largest absolute Gasteiger partial charge is 0.370 e. The molecular formula is C15H19N3. The summed E-state index contributed by atoms with van der Waals surface area (Å²) in [5.74, 6) is 1.14. The molecule has 2 heterocycles. The first-order valence-electron chi connectivity index (χ1n) is 6.52. The molecule has 94 valence electrons. The average molecular weight is 241 g/mol. The van der Waals surface area contributed by atoms with Crippen molar-refractivity contribution in [3.8, 4) is 0 Å². The van der Waals surface area contributed by atoms with Gasteiger partial charge in [-0.2, -0.15) is 5.10 Å². The smallest absolute Gasteiger partial charge is 0.125 e. The number of hydrogen-bond acceptors (Lipinski definition) is 2. The summed E-state index contributed by atoms with van der Waals surface area (Å²) in [4.78, 5) is 0. The number of hydrogen-bond donors (Lipinski definition) is 1. The molecule has 1 aromatic heterocycles. The van der Waals surface area contributed by atoms with E-state index in [1.165, 1.54) is 16.7 Å². The third-order valence-electron chi connectivity index (χ3n) is 3.66. The van der Waals surface area contributed by atoms with Crippen LogP contribution in [0.3, 0.4) is 0 Å². The first kappa shape index (κ1) is 11.3. The summed E-state index contributed by atoms with van der Waals surface area (Å²) < 4.78 is 2.14. The summed E-state index contributed by atoms with van der Waals surface area (Å²) in [6, 6.07) is 9.20. The Morgan fingerprint density at radius 2 is 2.06 bits per heavy atom. The van der Waals surface area contributed by atoms with Crippen LogP contribution in [0.15, 0.2) is 24.3 Å². The van der Waals surface area contributed by atoms with Crippen LogP contribution in [0.4, 0.5) is 5.82 Å². The summed E-state index contributed by atoms with van der Waals surface area (Å²) in [7, 11) is 0. The van der Waals surface area contributed by atoms with E-state index in [0.717, 1.165) is 24.5 Å². The van der Waals surface area contributed by atoms with Gasteiger partial charge in [0.05, 0.1) is 11.7 Å². The normalized spacial score (nSPS) is 18.3. The quantitative estimate of drug-likeness (QED) is 0.830. The van der Waals surface area contributed by atoms with Gasteiger partial charge in [0.25, 0.3) is 0 Å². The van der Waals surface area contributed by atoms with Crippen LogP contribution in [0.2, 0.25) is 0 Å². The number of rotatable bonds is 1. The molecule has 1 unspecified atom stereocenters. The first-order chi connectivity index (χ1) is 8.65. The maximum absolute atomic E-state index is 4.63. The molecule has 2 aromatic rings. The number of nitrogens with zero attached hydrogens (tertiary/aromatic N) is 2. The van der Waals surface area contributed by atoms with Crippen LogP contribution in [0, 0.1) is 20.8 Å². The summed E-state index contributed by atoms with van der Waals surface area (Å²) >= 11 is 0. The van der Waals surface area contributed by atoms with Gasteiger partial charge in [-0.1, -0.05) is 23.8 Å². The van der Waals surface area contributed by atoms with Crippen molar-refractivity contribution in [1.29, 1.82) is 0 Å². The predicted octanol–water partition coefficient (Wildman–Crippen LogP) is 3.21. The molecule has 0 fully saturated rings. The average Bonchev–Trinajstić information content (AvgIpc) is 2.69. The molecule has 0 saturated heterocycles. The van der Waals surface area contributed by atoms with E-state index in [9.17, 15) is 0 Å². The lowest BCUT2D eigenvalue weighted by Gasteiger charge is -2.27. The maximum Gasteiger partial charge on any atom is 0.125 e. The summed E-state index contributed by atoms with van der Waals surface area (Å²) in [5, 5.41) is 8.04. The molecule has 1 aliphatic rings. The molecule has 3 rings (SSSR count). The zero-order valence-electron chi connectivity index (χ0n) is 11.2. The van der Waals surface area contributed by atoms with Gasteiger partial charge >= 0.3 is 0 Å². The van der Waals surface area contributed by atoms with Crippen LogP contribution in [0.1, 0.15) is 34.8 Å². The summed E-state index contributed by atoms with van der Waals surface area (Å²) in [6.07, 6.45) is 1.10. The minimum absolute atomic E-state index is 0.371. The van der Waals surface area contributed by atoms with Crippen LogP contribution < -0.4 is 5.32 Å². The van der Waals surface area contributed by atoms with Crippen molar-refractivity contribution in [2.75, 3.05) is 11.9 Å². The van der Waals surface area contributed by atoms with Crippen molar-refractivity contribution in [2.24, 2.45) is 0 Å². The fraction of sp³-hybridized carbons (Fsp3) is 0.400. The Morgan fingerprint density at radius 3 is 2.83 bits per heavy atom. The van der Waals surface area contributed by atoms with Gasteiger partial charge in [0.15, 0.2) is 0 Å². The maximum atomic E-state index is 4.63. The second-order valence-corrected chi connectivity index (χ2v) is 5.21. The minimum atomic E-state index is 0.371. The van der Waals surface area contributed by atoms with E-state index in [4.69, 9.17) is 0 Å². The molecule has 0 bridgehead atoms. The second-order valence-electron chi connectivity index (χ2n) is 5.21. The zero-order valence-corrected chi connectivity index (χ0v) is 11.2. The van der Waals surface area contributed by atoms with Gasteiger partial charge in [0.1, 0.15) is 5.82 Å². The van der Waals surface area contributed by atoms with E-state index in [0.29, 0.717) is 6.04 Å². The monoisotopic (exact) mass is 241 g/mol. The van der Waals surface area contributed by atoms with Gasteiger partial charge in [-0.3, -0.25) is 0 Å². The van der Waals surface area contributed by atoms with E-state index >= 15 is 0 Å². The zero-order chi connectivity index (χ0) is 12.7. The Labute approximate surface area is 108 Å². The van der Waals surface area contributed by atoms with Crippen molar-refractivity contribution in [2.45, 2.75) is 33.2 Å². The molecule has 3 nitrogen and oxygen atoms in total. The molecule has 0 amide bonds. The van der Waals surface area contributed by atoms with Gasteiger partial charge in [-0.25, -0.2) is 4.68 Å². The molecule has 1 aromatic carbocycles. The van der Waals surface area contributed by atoms with Gasteiger partial charge in [0, 0.05) is 12.6 Å². The molecule has 0 saturated carbocycles. The van der Waals surface area contributed by atoms with Crippen LogP contribution in [0.5, 0.6) is 0 Å². The Bertz CT molecular complexity index is 583. The SMILES string of the molecule is Cc1ccc(C2CCNc3cc(C)nn32)c(C)c1. The van der Waals surface area contributed by atoms with E-state index < -0.39 is 0 Å². The number of aryl methyl sites for hydroxylation is 3. The van der Waals surface area contributed by atoms with Crippen molar-refractivity contribution < 1.29 is 0 Å². The molecular weight excluding hydrogens is 222 g/mol. The molecule has 18 heavy (non-hydrogen) atoms. The standard InChI is InChI=1S/C15H19N3/c1-10-4-5-13(11(2)8-10)14-6-7-16-15-9-12(3)17-18(14)15/h4-5,8-9,14,16H,6-7H2,1-3H3. The van der Waals surface area contributed by atoms with Gasteiger partial charge in [-0.05, 0) is 38.3 Å². The first-order valence-corrected chi connectivity index (χ1v) is 6.52. The van der Waals surface area contributed by atoms with Crippen LogP contribution >= 0.6 is 0 Å². The van der Waals surface area contributed by atoms with Crippen molar-refractivity contribution >= 4 is 5.82 Å². The van der Waals surface area contributed by atoms with Crippen molar-refractivity contribution in [3.05, 3.63) is 46.6 Å². The number of fused-ring (bicyclic) bond motifs is 1. The minimum Gasteiger partial charge on any atom is -0.370 e. The highest BCUT2D eigenvalue weighted by Crippen LogP contribution is 2.31. The number of aromatic nitrogens is 2. The van der Waals surface area contributed by atoms with Crippen molar-refractivity contribution in [3.63, 3.8) is 0 Å². The highest BCUT2D eigenvalue weighted by molar-refractivity contribution is 5.43. The molecule has 0 radical (unpaired) electrons. The topological polar surface area (TPSA) is 29.9 Å². The van der Waals surface area contributed by atoms with Gasteiger partial charge in [0.2, 0.25) is 0 Å². The van der Waals surface area contributed by atoms with E-state index in [-0.39, 0.29) is 0 Å². The third kappa shape index (κ3) is 1.80. The molecule has 1 N–H and O–H groups in total. The van der Waals surface area contributed by atoms with E-state index in [1.807, 2.05) is 6.92 Å². The van der Waals surface area contributed by atoms with E-state index in [1.54, 1.807) is 0 Å². The Hall–Kier alpha value is -1.77. The fourth-order valence-electron chi connectivity index (χ4n) is 2.83. The highest BCUT2D eigenvalue weighted by Gasteiger charge is 2.23. The molecule has 3 heteroatoms. The number of nitrogens with one attached hydrogen (secondary N) is 1. The lowest BCUT2D eigenvalue weighted by atomic mass is 9.96. The summed E-state index contributed by atoms with van der Waals surface area (Å²) in [6.45, 7) is 7.40. The molecule has 0 spiro atoms. The number of benzene rings is 1. The van der Waals surface area contributed by atoms with Crippen molar-refractivity contribution in [1.82, 2.24) is 9.78 Å². The Balaban J connectivity index is 2.07. The highest BCUT2D eigenvalue weighted by atomic mass is 15.4. The van der Waals surface area contributed by atoms with Crippen LogP contribution in [-0.4, -0.2) is 16.3 Å². The Kier molecular flexibility index (Phi) is 2.62. The fourth-order valence-corrected chi connectivity index (χ4v) is 2.83. The predicted molar refractivity (Wildman–Crippen MR) is 74.1 cm³/mol.